The minimum Gasteiger partial charge on any atom is -0.481 e. The largest absolute Gasteiger partial charge is 0.481 e. The fraction of sp³-hybridized carbons (Fsp3) is 0.414. The van der Waals surface area contributed by atoms with Crippen molar-refractivity contribution in [2.45, 2.75) is 32.7 Å². The molecule has 222 valence electrons. The number of carboxylic acid groups (broad SMARTS) is 1. The lowest BCUT2D eigenvalue weighted by Crippen LogP contribution is -2.23. The standard InChI is InChI=1S/C29H35NO11/c1-6-18-13-20(21(16-25(31)32)28(34)38-7-2)15-23(26(18)40-17-37-12-11-35-4)22-14-19(27(30)33)9-10-24(22)41-29(36-5)39-8-3/h1,9-10,13-15,21,29H,7-8,11-12,16-17H2,2-5H3,(H2,30,33)(H,31,32). The number of terminal acetylenes is 1. The van der Waals surface area contributed by atoms with Gasteiger partial charge in [-0.1, -0.05) is 5.92 Å². The second-order valence-electron chi connectivity index (χ2n) is 8.33. The molecule has 2 aromatic rings. The Morgan fingerprint density at radius 1 is 1.05 bits per heavy atom. The van der Waals surface area contributed by atoms with Crippen LogP contribution >= 0.6 is 0 Å². The summed E-state index contributed by atoms with van der Waals surface area (Å²) < 4.78 is 38.1. The number of esters is 1. The Kier molecular flexibility index (Phi) is 13.6. The molecule has 12 nitrogen and oxygen atoms in total. The van der Waals surface area contributed by atoms with Gasteiger partial charge in [-0.2, -0.15) is 0 Å². The highest BCUT2D eigenvalue weighted by Crippen LogP contribution is 2.42. The van der Waals surface area contributed by atoms with Crippen LogP contribution in [0.5, 0.6) is 11.5 Å². The van der Waals surface area contributed by atoms with Crippen LogP contribution in [0.25, 0.3) is 11.1 Å². The van der Waals surface area contributed by atoms with Gasteiger partial charge >= 0.3 is 18.4 Å². The normalized spacial score (nSPS) is 12.2. The predicted octanol–water partition coefficient (Wildman–Crippen LogP) is 2.90. The number of aliphatic carboxylic acids is 1. The first-order valence-electron chi connectivity index (χ1n) is 12.7. The molecule has 2 unspecified atom stereocenters. The first-order chi connectivity index (χ1) is 19.7. The summed E-state index contributed by atoms with van der Waals surface area (Å²) in [5, 5.41) is 9.54. The Morgan fingerprint density at radius 2 is 1.80 bits per heavy atom. The molecule has 2 rings (SSSR count). The molecule has 0 saturated carbocycles. The maximum Gasteiger partial charge on any atom is 0.315 e. The summed E-state index contributed by atoms with van der Waals surface area (Å²) in [6.07, 6.45) is 5.28. The number of carbonyl (C=O) groups is 3. The summed E-state index contributed by atoms with van der Waals surface area (Å²) in [4.78, 5) is 36.6. The third-order valence-electron chi connectivity index (χ3n) is 5.61. The number of rotatable bonds is 18. The van der Waals surface area contributed by atoms with E-state index in [1.807, 2.05) is 0 Å². The third kappa shape index (κ3) is 9.47. The number of methoxy groups -OCH3 is 2. The van der Waals surface area contributed by atoms with Gasteiger partial charge in [0.05, 0.1) is 44.3 Å². The molecule has 0 heterocycles. The molecular formula is C29H35NO11. The fourth-order valence-electron chi connectivity index (χ4n) is 3.76. The molecule has 0 aliphatic rings. The Hall–Kier alpha value is -4.15. The van der Waals surface area contributed by atoms with Gasteiger partial charge in [0.1, 0.15) is 11.5 Å². The fourth-order valence-corrected chi connectivity index (χ4v) is 3.76. The maximum absolute atomic E-state index is 12.8. The molecule has 0 fully saturated rings. The number of nitrogens with two attached hydrogens (primary N) is 1. The van der Waals surface area contributed by atoms with Crippen LogP contribution in [0.1, 0.15) is 47.7 Å². The van der Waals surface area contributed by atoms with Gasteiger partial charge < -0.3 is 44.0 Å². The van der Waals surface area contributed by atoms with E-state index in [0.717, 1.165) is 0 Å². The van der Waals surface area contributed by atoms with Crippen molar-refractivity contribution < 1.29 is 52.6 Å². The van der Waals surface area contributed by atoms with Gasteiger partial charge in [-0.15, -0.1) is 6.42 Å². The number of benzene rings is 2. The van der Waals surface area contributed by atoms with Gasteiger partial charge in [0, 0.05) is 30.9 Å². The van der Waals surface area contributed by atoms with Crippen LogP contribution in [0.2, 0.25) is 0 Å². The van der Waals surface area contributed by atoms with E-state index in [4.69, 9.17) is 45.3 Å². The van der Waals surface area contributed by atoms with Crippen molar-refractivity contribution in [3.63, 3.8) is 0 Å². The van der Waals surface area contributed by atoms with Crippen molar-refractivity contribution in [2.24, 2.45) is 5.73 Å². The van der Waals surface area contributed by atoms with Crippen LogP contribution in [0.15, 0.2) is 30.3 Å². The summed E-state index contributed by atoms with van der Waals surface area (Å²) in [6.45, 7) is 2.88. The summed E-state index contributed by atoms with van der Waals surface area (Å²) in [6, 6.07) is 7.37. The van der Waals surface area contributed by atoms with Crippen LogP contribution < -0.4 is 15.2 Å². The van der Waals surface area contributed by atoms with Gasteiger partial charge in [0.15, 0.2) is 6.79 Å². The van der Waals surface area contributed by atoms with E-state index < -0.39 is 36.7 Å². The molecule has 2 aromatic carbocycles. The minimum atomic E-state index is -1.22. The quantitative estimate of drug-likeness (QED) is 0.117. The van der Waals surface area contributed by atoms with Gasteiger partial charge in [0.2, 0.25) is 5.91 Å². The number of primary amides is 1. The second-order valence-corrected chi connectivity index (χ2v) is 8.33. The lowest BCUT2D eigenvalue weighted by atomic mass is 9.89. The number of amides is 1. The number of ether oxygens (including phenoxy) is 7. The molecule has 0 aliphatic carbocycles. The maximum atomic E-state index is 12.8. The summed E-state index contributed by atoms with van der Waals surface area (Å²) in [5.41, 5.74) is 6.63. The smallest absolute Gasteiger partial charge is 0.315 e. The Balaban J connectivity index is 2.84. The highest BCUT2D eigenvalue weighted by atomic mass is 16.8. The van der Waals surface area contributed by atoms with Crippen LogP contribution in [-0.4, -0.2) is 76.9 Å². The summed E-state index contributed by atoms with van der Waals surface area (Å²) in [5.74, 6) is -1.05. The van der Waals surface area contributed by atoms with Crippen molar-refractivity contribution in [1.82, 2.24) is 0 Å². The Morgan fingerprint density at radius 3 is 2.39 bits per heavy atom. The minimum absolute atomic E-state index is 0.0400. The first-order valence-corrected chi connectivity index (χ1v) is 12.7. The number of hydrogen-bond donors (Lipinski definition) is 2. The lowest BCUT2D eigenvalue weighted by molar-refractivity contribution is -0.230. The van der Waals surface area contributed by atoms with E-state index in [1.54, 1.807) is 13.8 Å². The topological polar surface area (TPSA) is 162 Å². The molecule has 0 radical (unpaired) electrons. The zero-order valence-corrected chi connectivity index (χ0v) is 23.5. The van der Waals surface area contributed by atoms with Gasteiger partial charge in [-0.05, 0) is 49.7 Å². The van der Waals surface area contributed by atoms with Crippen molar-refractivity contribution in [2.75, 3.05) is 47.4 Å². The highest BCUT2D eigenvalue weighted by molar-refractivity contribution is 5.95. The van der Waals surface area contributed by atoms with E-state index >= 15 is 0 Å². The molecule has 0 saturated heterocycles. The number of carboxylic acids is 1. The molecule has 12 heteroatoms. The van der Waals surface area contributed by atoms with E-state index in [1.165, 1.54) is 44.6 Å². The predicted molar refractivity (Wildman–Crippen MR) is 146 cm³/mol. The molecule has 1 amide bonds. The van der Waals surface area contributed by atoms with Crippen molar-refractivity contribution in [3.05, 3.63) is 47.0 Å². The van der Waals surface area contributed by atoms with Crippen LogP contribution in [-0.2, 0) is 33.3 Å². The van der Waals surface area contributed by atoms with E-state index in [9.17, 15) is 19.5 Å². The molecule has 0 aliphatic heterocycles. The van der Waals surface area contributed by atoms with Crippen molar-refractivity contribution in [1.29, 1.82) is 0 Å². The van der Waals surface area contributed by atoms with E-state index in [2.05, 4.69) is 5.92 Å². The molecule has 2 atom stereocenters. The zero-order valence-electron chi connectivity index (χ0n) is 23.5. The van der Waals surface area contributed by atoms with Gasteiger partial charge in [-0.25, -0.2) is 0 Å². The molecule has 0 bridgehead atoms. The number of carbonyl (C=O) groups excluding carboxylic acids is 2. The Labute approximate surface area is 238 Å². The van der Waals surface area contributed by atoms with Crippen molar-refractivity contribution in [3.8, 4) is 35.0 Å². The third-order valence-corrected chi connectivity index (χ3v) is 5.61. The lowest BCUT2D eigenvalue weighted by Gasteiger charge is -2.23. The van der Waals surface area contributed by atoms with Crippen molar-refractivity contribution >= 4 is 17.8 Å². The molecular weight excluding hydrogens is 538 g/mol. The van der Waals surface area contributed by atoms with Gasteiger partial charge in [-0.3, -0.25) is 14.4 Å². The molecule has 3 N–H and O–H groups in total. The summed E-state index contributed by atoms with van der Waals surface area (Å²) in [7, 11) is 2.91. The highest BCUT2D eigenvalue weighted by Gasteiger charge is 2.29. The van der Waals surface area contributed by atoms with E-state index in [0.29, 0.717) is 6.61 Å². The average Bonchev–Trinajstić information content (AvgIpc) is 2.95. The van der Waals surface area contributed by atoms with E-state index in [-0.39, 0.29) is 65.9 Å². The summed E-state index contributed by atoms with van der Waals surface area (Å²) >= 11 is 0. The SMILES string of the molecule is C#Cc1cc(C(CC(=O)O)C(=O)OCC)cc(-c2cc(C(N)=O)ccc2OC(OC)OCC)c1OCOCCOC. The molecule has 0 aromatic heterocycles. The first kappa shape index (κ1) is 33.1. The monoisotopic (exact) mass is 573 g/mol. The number of hydrogen-bond acceptors (Lipinski definition) is 10. The zero-order chi connectivity index (χ0) is 30.4. The van der Waals surface area contributed by atoms with Gasteiger partial charge in [0.25, 0.3) is 0 Å². The molecule has 0 spiro atoms. The average molecular weight is 574 g/mol. The van der Waals surface area contributed by atoms with Crippen LogP contribution in [0, 0.1) is 12.3 Å². The van der Waals surface area contributed by atoms with Crippen LogP contribution in [0.3, 0.4) is 0 Å². The Bertz CT molecular complexity index is 1240. The second kappa shape index (κ2) is 16.8. The molecule has 41 heavy (non-hydrogen) atoms. The van der Waals surface area contributed by atoms with Crippen LogP contribution in [0.4, 0.5) is 0 Å².